The molecular formula is C15H11FINO3. The minimum atomic E-state index is -1.30. The Morgan fingerprint density at radius 3 is 2.57 bits per heavy atom. The monoisotopic (exact) mass is 399 g/mol. The summed E-state index contributed by atoms with van der Waals surface area (Å²) in [7, 11) is 0. The largest absolute Gasteiger partial charge is 0.478 e. The second-order valence-electron chi connectivity index (χ2n) is 4.39. The van der Waals surface area contributed by atoms with Gasteiger partial charge < -0.3 is 10.4 Å². The molecule has 0 saturated carbocycles. The fraction of sp³-hybridized carbons (Fsp3) is 0.0667. The second kappa shape index (κ2) is 6.21. The van der Waals surface area contributed by atoms with E-state index in [0.29, 0.717) is 5.56 Å². The van der Waals surface area contributed by atoms with Gasteiger partial charge in [0, 0.05) is 3.57 Å². The first kappa shape index (κ1) is 15.4. The summed E-state index contributed by atoms with van der Waals surface area (Å²) >= 11 is 2.05. The molecule has 0 fully saturated rings. The minimum Gasteiger partial charge on any atom is -0.478 e. The highest BCUT2D eigenvalue weighted by molar-refractivity contribution is 14.1. The van der Waals surface area contributed by atoms with Crippen molar-refractivity contribution in [1.82, 2.24) is 0 Å². The number of halogens is 2. The van der Waals surface area contributed by atoms with Crippen LogP contribution in [0.3, 0.4) is 0 Å². The standard InChI is InChI=1S/C15H11FINO3/c1-8-3-2-4-10(13(8)17)14(19)18-12-6-5-9(16)7-11(12)15(20)21/h2-7H,1H3,(H,18,19)(H,20,21). The minimum absolute atomic E-state index is 0.0613. The zero-order valence-electron chi connectivity index (χ0n) is 11.0. The zero-order valence-corrected chi connectivity index (χ0v) is 13.1. The van der Waals surface area contributed by atoms with E-state index in [4.69, 9.17) is 5.11 Å². The Bertz CT molecular complexity index is 731. The first-order valence-corrected chi connectivity index (χ1v) is 7.07. The molecule has 4 nitrogen and oxygen atoms in total. The van der Waals surface area contributed by atoms with Gasteiger partial charge in [-0.2, -0.15) is 0 Å². The molecule has 0 aliphatic rings. The van der Waals surface area contributed by atoms with E-state index in [1.54, 1.807) is 12.1 Å². The normalized spacial score (nSPS) is 10.2. The Morgan fingerprint density at radius 2 is 1.90 bits per heavy atom. The van der Waals surface area contributed by atoms with Crippen LogP contribution in [-0.2, 0) is 0 Å². The number of carbonyl (C=O) groups is 2. The van der Waals surface area contributed by atoms with Gasteiger partial charge in [-0.15, -0.1) is 0 Å². The first-order chi connectivity index (χ1) is 9.90. The summed E-state index contributed by atoms with van der Waals surface area (Å²) in [5.41, 5.74) is 1.16. The summed E-state index contributed by atoms with van der Waals surface area (Å²) in [6.07, 6.45) is 0. The highest BCUT2D eigenvalue weighted by Crippen LogP contribution is 2.21. The Morgan fingerprint density at radius 1 is 1.19 bits per heavy atom. The molecule has 2 rings (SSSR count). The fourth-order valence-corrected chi connectivity index (χ4v) is 2.42. The quantitative estimate of drug-likeness (QED) is 0.774. The smallest absolute Gasteiger partial charge is 0.337 e. The predicted molar refractivity (Wildman–Crippen MR) is 85.2 cm³/mol. The molecule has 0 aliphatic heterocycles. The van der Waals surface area contributed by atoms with Crippen LogP contribution in [0, 0.1) is 16.3 Å². The van der Waals surface area contributed by atoms with Crippen LogP contribution in [0.2, 0.25) is 0 Å². The van der Waals surface area contributed by atoms with Crippen LogP contribution in [0.5, 0.6) is 0 Å². The van der Waals surface area contributed by atoms with Crippen LogP contribution < -0.4 is 5.32 Å². The topological polar surface area (TPSA) is 66.4 Å². The number of aryl methyl sites for hydroxylation is 1. The number of carbonyl (C=O) groups excluding carboxylic acids is 1. The lowest BCUT2D eigenvalue weighted by atomic mass is 10.1. The summed E-state index contributed by atoms with van der Waals surface area (Å²) in [5.74, 6) is -2.41. The summed E-state index contributed by atoms with van der Waals surface area (Å²) in [6.45, 7) is 1.87. The van der Waals surface area contributed by atoms with Crippen molar-refractivity contribution in [2.24, 2.45) is 0 Å². The number of hydrogen-bond acceptors (Lipinski definition) is 2. The number of amides is 1. The highest BCUT2D eigenvalue weighted by atomic mass is 127. The number of aromatic carboxylic acids is 1. The van der Waals surface area contributed by atoms with E-state index in [1.165, 1.54) is 6.07 Å². The van der Waals surface area contributed by atoms with Crippen LogP contribution in [0.15, 0.2) is 36.4 Å². The van der Waals surface area contributed by atoms with Crippen LogP contribution >= 0.6 is 22.6 Å². The van der Waals surface area contributed by atoms with Crippen molar-refractivity contribution in [1.29, 1.82) is 0 Å². The second-order valence-corrected chi connectivity index (χ2v) is 5.46. The van der Waals surface area contributed by atoms with Crippen molar-refractivity contribution in [3.05, 3.63) is 62.5 Å². The van der Waals surface area contributed by atoms with Gasteiger partial charge in [-0.05, 0) is 59.3 Å². The molecular weight excluding hydrogens is 388 g/mol. The fourth-order valence-electron chi connectivity index (χ4n) is 1.81. The van der Waals surface area contributed by atoms with Gasteiger partial charge in [0.1, 0.15) is 5.82 Å². The molecule has 108 valence electrons. The molecule has 0 atom stereocenters. The van der Waals surface area contributed by atoms with Crippen molar-refractivity contribution in [3.8, 4) is 0 Å². The number of rotatable bonds is 3. The molecule has 0 aromatic heterocycles. The molecule has 0 radical (unpaired) electrons. The molecule has 2 aromatic rings. The third kappa shape index (κ3) is 3.38. The molecule has 2 aromatic carbocycles. The molecule has 2 N–H and O–H groups in total. The molecule has 0 saturated heterocycles. The number of carboxylic acids is 1. The molecule has 0 spiro atoms. The van der Waals surface area contributed by atoms with Crippen molar-refractivity contribution in [2.75, 3.05) is 5.32 Å². The van der Waals surface area contributed by atoms with Gasteiger partial charge in [0.05, 0.1) is 16.8 Å². The molecule has 0 heterocycles. The first-order valence-electron chi connectivity index (χ1n) is 5.99. The summed E-state index contributed by atoms with van der Waals surface area (Å²) < 4.78 is 13.9. The SMILES string of the molecule is Cc1cccc(C(=O)Nc2ccc(F)cc2C(=O)O)c1I. The maximum Gasteiger partial charge on any atom is 0.337 e. The zero-order chi connectivity index (χ0) is 15.6. The molecule has 21 heavy (non-hydrogen) atoms. The molecule has 0 aliphatic carbocycles. The van der Waals surface area contributed by atoms with Crippen molar-refractivity contribution < 1.29 is 19.1 Å². The van der Waals surface area contributed by atoms with Crippen LogP contribution in [0.4, 0.5) is 10.1 Å². The lowest BCUT2D eigenvalue weighted by Gasteiger charge is -2.10. The molecule has 0 unspecified atom stereocenters. The van der Waals surface area contributed by atoms with Crippen molar-refractivity contribution in [2.45, 2.75) is 6.92 Å². The Hall–Kier alpha value is -1.96. The third-order valence-electron chi connectivity index (χ3n) is 2.90. The van der Waals surface area contributed by atoms with E-state index in [1.807, 2.05) is 13.0 Å². The average Bonchev–Trinajstić information content (AvgIpc) is 2.43. The van der Waals surface area contributed by atoms with E-state index >= 15 is 0 Å². The maximum atomic E-state index is 13.1. The highest BCUT2D eigenvalue weighted by Gasteiger charge is 2.16. The maximum absolute atomic E-state index is 13.1. The molecule has 6 heteroatoms. The van der Waals surface area contributed by atoms with Gasteiger partial charge in [0.15, 0.2) is 0 Å². The Labute approximate surface area is 134 Å². The summed E-state index contributed by atoms with van der Waals surface area (Å²) in [5, 5.41) is 11.6. The van der Waals surface area contributed by atoms with Gasteiger partial charge in [-0.25, -0.2) is 9.18 Å². The number of carboxylic acid groups (broad SMARTS) is 1. The lowest BCUT2D eigenvalue weighted by molar-refractivity contribution is 0.0697. The van der Waals surface area contributed by atoms with Crippen LogP contribution in [0.25, 0.3) is 0 Å². The van der Waals surface area contributed by atoms with Crippen molar-refractivity contribution in [3.63, 3.8) is 0 Å². The van der Waals surface area contributed by atoms with E-state index in [-0.39, 0.29) is 11.3 Å². The lowest BCUT2D eigenvalue weighted by Crippen LogP contribution is -2.16. The van der Waals surface area contributed by atoms with Crippen LogP contribution in [0.1, 0.15) is 26.3 Å². The molecule has 1 amide bonds. The predicted octanol–water partition coefficient (Wildman–Crippen LogP) is 3.69. The molecule has 0 bridgehead atoms. The van der Waals surface area contributed by atoms with E-state index in [0.717, 1.165) is 21.3 Å². The summed E-state index contributed by atoms with van der Waals surface area (Å²) in [4.78, 5) is 23.3. The van der Waals surface area contributed by atoms with Gasteiger partial charge in [0.2, 0.25) is 0 Å². The number of anilines is 1. The van der Waals surface area contributed by atoms with Gasteiger partial charge in [-0.3, -0.25) is 4.79 Å². The van der Waals surface area contributed by atoms with Crippen LogP contribution in [-0.4, -0.2) is 17.0 Å². The number of nitrogens with one attached hydrogen (secondary N) is 1. The third-order valence-corrected chi connectivity index (χ3v) is 4.33. The van der Waals surface area contributed by atoms with Gasteiger partial charge in [-0.1, -0.05) is 12.1 Å². The van der Waals surface area contributed by atoms with E-state index in [2.05, 4.69) is 27.9 Å². The summed E-state index contributed by atoms with van der Waals surface area (Å²) in [6, 6.07) is 8.48. The van der Waals surface area contributed by atoms with Gasteiger partial charge in [0.25, 0.3) is 5.91 Å². The van der Waals surface area contributed by atoms with E-state index in [9.17, 15) is 14.0 Å². The van der Waals surface area contributed by atoms with Crippen molar-refractivity contribution >= 4 is 40.2 Å². The van der Waals surface area contributed by atoms with Gasteiger partial charge >= 0.3 is 5.97 Å². The van der Waals surface area contributed by atoms with E-state index < -0.39 is 17.7 Å². The Balaban J connectivity index is 2.36. The number of benzene rings is 2. The number of hydrogen-bond donors (Lipinski definition) is 2. The average molecular weight is 399 g/mol. The Kier molecular flexibility index (Phi) is 4.56.